The molecule has 0 radical (unpaired) electrons. The number of benzene rings is 1. The van der Waals surface area contributed by atoms with Crippen LogP contribution in [0, 0.1) is 6.92 Å². The van der Waals surface area contributed by atoms with E-state index in [2.05, 4.69) is 5.10 Å². The van der Waals surface area contributed by atoms with Gasteiger partial charge in [0.25, 0.3) is 0 Å². The van der Waals surface area contributed by atoms with Gasteiger partial charge >= 0.3 is 0 Å². The summed E-state index contributed by atoms with van der Waals surface area (Å²) in [5.74, 6) is 0. The average Bonchev–Trinajstić information content (AvgIpc) is 2.67. The van der Waals surface area contributed by atoms with Gasteiger partial charge in [0.05, 0.1) is 17.4 Å². The predicted octanol–water partition coefficient (Wildman–Crippen LogP) is 1.99. The van der Waals surface area contributed by atoms with Crippen molar-refractivity contribution in [3.63, 3.8) is 0 Å². The van der Waals surface area contributed by atoms with Crippen molar-refractivity contribution in [1.29, 1.82) is 0 Å². The van der Waals surface area contributed by atoms with Gasteiger partial charge in [0.2, 0.25) is 0 Å². The van der Waals surface area contributed by atoms with Crippen molar-refractivity contribution in [2.75, 3.05) is 0 Å². The van der Waals surface area contributed by atoms with Crippen LogP contribution >= 0.6 is 0 Å². The molecule has 0 amide bonds. The zero-order valence-corrected chi connectivity index (χ0v) is 7.84. The first kappa shape index (κ1) is 8.69. The molecular weight excluding hydrogens is 176 g/mol. The molecule has 70 valence electrons. The van der Waals surface area contributed by atoms with E-state index in [1.165, 1.54) is 0 Å². The lowest BCUT2D eigenvalue weighted by molar-refractivity contribution is 0.112. The summed E-state index contributed by atoms with van der Waals surface area (Å²) < 4.78 is 1.71. The van der Waals surface area contributed by atoms with Crippen LogP contribution in [0.1, 0.15) is 15.9 Å². The second-order valence-corrected chi connectivity index (χ2v) is 3.12. The fourth-order valence-electron chi connectivity index (χ4n) is 1.35. The van der Waals surface area contributed by atoms with Gasteiger partial charge in [0.15, 0.2) is 6.29 Å². The standard InChI is InChI=1S/C11H10N2O/c1-9-4-2-3-5-11(9)13-7-10(8-14)6-12-13/h2-8H,1H3. The molecule has 0 aliphatic carbocycles. The first-order chi connectivity index (χ1) is 6.81. The summed E-state index contributed by atoms with van der Waals surface area (Å²) in [5.41, 5.74) is 2.72. The second kappa shape index (κ2) is 3.46. The summed E-state index contributed by atoms with van der Waals surface area (Å²) in [6, 6.07) is 7.90. The summed E-state index contributed by atoms with van der Waals surface area (Å²) in [6.45, 7) is 2.01. The molecule has 0 spiro atoms. The summed E-state index contributed by atoms with van der Waals surface area (Å²) in [7, 11) is 0. The Kier molecular flexibility index (Phi) is 2.14. The second-order valence-electron chi connectivity index (χ2n) is 3.12. The van der Waals surface area contributed by atoms with Gasteiger partial charge < -0.3 is 0 Å². The molecule has 1 aromatic heterocycles. The Morgan fingerprint density at radius 2 is 2.14 bits per heavy atom. The normalized spacial score (nSPS) is 10.1. The lowest BCUT2D eigenvalue weighted by Crippen LogP contribution is -1.96. The SMILES string of the molecule is Cc1ccccc1-n1cc(C=O)cn1. The lowest BCUT2D eigenvalue weighted by Gasteiger charge is -2.03. The monoisotopic (exact) mass is 186 g/mol. The van der Waals surface area contributed by atoms with E-state index < -0.39 is 0 Å². The Bertz CT molecular complexity index is 460. The van der Waals surface area contributed by atoms with E-state index in [-0.39, 0.29) is 0 Å². The minimum absolute atomic E-state index is 0.591. The minimum Gasteiger partial charge on any atom is -0.298 e. The Hall–Kier alpha value is -1.90. The van der Waals surface area contributed by atoms with E-state index >= 15 is 0 Å². The molecule has 0 fully saturated rings. The third kappa shape index (κ3) is 1.44. The highest BCUT2D eigenvalue weighted by molar-refractivity contribution is 5.73. The van der Waals surface area contributed by atoms with Gasteiger partial charge in [-0.25, -0.2) is 4.68 Å². The molecule has 1 heterocycles. The van der Waals surface area contributed by atoms with Crippen LogP contribution < -0.4 is 0 Å². The topological polar surface area (TPSA) is 34.9 Å². The number of hydrogen-bond donors (Lipinski definition) is 0. The number of rotatable bonds is 2. The molecule has 0 unspecified atom stereocenters. The maximum Gasteiger partial charge on any atom is 0.153 e. The molecule has 0 atom stereocenters. The molecule has 0 saturated carbocycles. The van der Waals surface area contributed by atoms with Gasteiger partial charge in [-0.2, -0.15) is 5.10 Å². The smallest absolute Gasteiger partial charge is 0.153 e. The van der Waals surface area contributed by atoms with E-state index in [0.29, 0.717) is 5.56 Å². The van der Waals surface area contributed by atoms with Gasteiger partial charge in [0, 0.05) is 6.20 Å². The summed E-state index contributed by atoms with van der Waals surface area (Å²) in [6.07, 6.45) is 4.07. The largest absolute Gasteiger partial charge is 0.298 e. The number of aryl methyl sites for hydroxylation is 1. The Morgan fingerprint density at radius 1 is 1.36 bits per heavy atom. The van der Waals surface area contributed by atoms with Crippen molar-refractivity contribution in [3.05, 3.63) is 47.8 Å². The number of aldehydes is 1. The number of nitrogens with zero attached hydrogens (tertiary/aromatic N) is 2. The summed E-state index contributed by atoms with van der Waals surface area (Å²) >= 11 is 0. The van der Waals surface area contributed by atoms with Crippen molar-refractivity contribution in [2.45, 2.75) is 6.92 Å². The van der Waals surface area contributed by atoms with Gasteiger partial charge in [0.1, 0.15) is 0 Å². The molecule has 14 heavy (non-hydrogen) atoms. The highest BCUT2D eigenvalue weighted by atomic mass is 16.1. The lowest BCUT2D eigenvalue weighted by atomic mass is 10.2. The number of aromatic nitrogens is 2. The Balaban J connectivity index is 2.49. The van der Waals surface area contributed by atoms with Crippen LogP contribution in [0.5, 0.6) is 0 Å². The minimum atomic E-state index is 0.591. The molecule has 0 saturated heterocycles. The molecule has 0 aliphatic heterocycles. The Morgan fingerprint density at radius 3 is 2.79 bits per heavy atom. The third-order valence-electron chi connectivity index (χ3n) is 2.10. The van der Waals surface area contributed by atoms with Crippen LogP contribution in [0.4, 0.5) is 0 Å². The van der Waals surface area contributed by atoms with Crippen molar-refractivity contribution < 1.29 is 4.79 Å². The van der Waals surface area contributed by atoms with E-state index in [1.54, 1.807) is 17.1 Å². The molecule has 2 aromatic rings. The molecule has 3 heteroatoms. The van der Waals surface area contributed by atoms with E-state index in [4.69, 9.17) is 0 Å². The van der Waals surface area contributed by atoms with E-state index in [1.807, 2.05) is 31.2 Å². The zero-order valence-electron chi connectivity index (χ0n) is 7.84. The van der Waals surface area contributed by atoms with Crippen LogP contribution in [0.15, 0.2) is 36.7 Å². The number of para-hydroxylation sites is 1. The van der Waals surface area contributed by atoms with Crippen LogP contribution in [-0.4, -0.2) is 16.1 Å². The molecule has 3 nitrogen and oxygen atoms in total. The third-order valence-corrected chi connectivity index (χ3v) is 2.10. The van der Waals surface area contributed by atoms with Crippen molar-refractivity contribution in [1.82, 2.24) is 9.78 Å². The highest BCUT2D eigenvalue weighted by Crippen LogP contribution is 2.12. The summed E-state index contributed by atoms with van der Waals surface area (Å²) in [5, 5.41) is 4.10. The predicted molar refractivity (Wildman–Crippen MR) is 53.7 cm³/mol. The quantitative estimate of drug-likeness (QED) is 0.672. The Labute approximate surface area is 82.0 Å². The maximum absolute atomic E-state index is 10.5. The van der Waals surface area contributed by atoms with Crippen molar-refractivity contribution >= 4 is 6.29 Å². The average molecular weight is 186 g/mol. The van der Waals surface area contributed by atoms with Crippen molar-refractivity contribution in [2.24, 2.45) is 0 Å². The summed E-state index contributed by atoms with van der Waals surface area (Å²) in [4.78, 5) is 10.5. The highest BCUT2D eigenvalue weighted by Gasteiger charge is 2.01. The van der Waals surface area contributed by atoms with E-state index in [0.717, 1.165) is 17.5 Å². The molecular formula is C11H10N2O. The molecule has 0 aliphatic rings. The van der Waals surface area contributed by atoms with Gasteiger partial charge in [-0.15, -0.1) is 0 Å². The van der Waals surface area contributed by atoms with Gasteiger partial charge in [-0.1, -0.05) is 18.2 Å². The van der Waals surface area contributed by atoms with Crippen LogP contribution in [0.2, 0.25) is 0 Å². The van der Waals surface area contributed by atoms with E-state index in [9.17, 15) is 4.79 Å². The zero-order chi connectivity index (χ0) is 9.97. The van der Waals surface area contributed by atoms with Crippen LogP contribution in [0.3, 0.4) is 0 Å². The molecule has 2 rings (SSSR count). The molecule has 1 aromatic carbocycles. The fraction of sp³-hybridized carbons (Fsp3) is 0.0909. The molecule has 0 bridgehead atoms. The number of carbonyl (C=O) groups excluding carboxylic acids is 1. The molecule has 0 N–H and O–H groups in total. The number of hydrogen-bond acceptors (Lipinski definition) is 2. The fourth-order valence-corrected chi connectivity index (χ4v) is 1.35. The van der Waals surface area contributed by atoms with Gasteiger partial charge in [-0.05, 0) is 18.6 Å². The number of carbonyl (C=O) groups is 1. The first-order valence-corrected chi connectivity index (χ1v) is 4.37. The van der Waals surface area contributed by atoms with Crippen LogP contribution in [0.25, 0.3) is 5.69 Å². The maximum atomic E-state index is 10.5. The first-order valence-electron chi connectivity index (χ1n) is 4.37. The van der Waals surface area contributed by atoms with Crippen molar-refractivity contribution in [3.8, 4) is 5.69 Å². The van der Waals surface area contributed by atoms with Crippen LogP contribution in [-0.2, 0) is 0 Å². The van der Waals surface area contributed by atoms with Gasteiger partial charge in [-0.3, -0.25) is 4.79 Å².